The second kappa shape index (κ2) is 3.73. The molecule has 4 heteroatoms. The first kappa shape index (κ1) is 10.1. The van der Waals surface area contributed by atoms with Crippen LogP contribution in [0.2, 0.25) is 0 Å². The number of carbonyl (C=O) groups is 2. The average Bonchev–Trinajstić information content (AvgIpc) is 2.87. The van der Waals surface area contributed by atoms with E-state index in [2.05, 4.69) is 4.98 Å². The Kier molecular flexibility index (Phi) is 2.21. The van der Waals surface area contributed by atoms with Gasteiger partial charge in [0.15, 0.2) is 5.78 Å². The third-order valence-corrected chi connectivity index (χ3v) is 3.11. The Morgan fingerprint density at radius 2 is 2.12 bits per heavy atom. The lowest BCUT2D eigenvalue weighted by molar-refractivity contribution is -0.128. The molecular weight excluding hydrogens is 216 g/mol. The van der Waals surface area contributed by atoms with Gasteiger partial charge in [-0.25, -0.2) is 0 Å². The van der Waals surface area contributed by atoms with Crippen LogP contribution in [0.25, 0.3) is 10.9 Å². The Balaban J connectivity index is 1.92. The molecule has 1 aromatic carbocycles. The number of benzene rings is 1. The second-order valence-corrected chi connectivity index (χ2v) is 4.32. The molecule has 1 aromatic heterocycles. The van der Waals surface area contributed by atoms with Gasteiger partial charge in [-0.15, -0.1) is 0 Å². The van der Waals surface area contributed by atoms with Crippen LogP contribution in [0.4, 0.5) is 0 Å². The topological polar surface area (TPSA) is 53.2 Å². The Morgan fingerprint density at radius 3 is 2.88 bits per heavy atom. The Morgan fingerprint density at radius 1 is 1.24 bits per heavy atom. The molecule has 1 aliphatic heterocycles. The standard InChI is InChI=1S/C13H12N2O2/c16-10-6-13(17)15(8-10)7-9-2-1-3-12-11(9)4-5-14-12/h1-5,14H,6-8H2. The van der Waals surface area contributed by atoms with Gasteiger partial charge in [-0.05, 0) is 17.7 Å². The summed E-state index contributed by atoms with van der Waals surface area (Å²) in [6.45, 7) is 0.763. The number of nitrogens with zero attached hydrogens (tertiary/aromatic N) is 1. The molecule has 0 unspecified atom stereocenters. The van der Waals surface area contributed by atoms with Crippen molar-refractivity contribution in [2.45, 2.75) is 13.0 Å². The lowest BCUT2D eigenvalue weighted by Crippen LogP contribution is -2.24. The van der Waals surface area contributed by atoms with Crippen LogP contribution < -0.4 is 0 Å². The van der Waals surface area contributed by atoms with Crippen LogP contribution in [0.15, 0.2) is 30.5 Å². The molecule has 3 rings (SSSR count). The van der Waals surface area contributed by atoms with Crippen molar-refractivity contribution in [1.29, 1.82) is 0 Å². The van der Waals surface area contributed by atoms with Gasteiger partial charge >= 0.3 is 0 Å². The van der Waals surface area contributed by atoms with Crippen molar-refractivity contribution >= 4 is 22.6 Å². The number of aromatic amines is 1. The van der Waals surface area contributed by atoms with Crippen molar-refractivity contribution in [3.05, 3.63) is 36.0 Å². The van der Waals surface area contributed by atoms with E-state index >= 15 is 0 Å². The SMILES string of the molecule is O=C1CC(=O)N(Cc2cccc3[nH]ccc23)C1. The molecule has 0 spiro atoms. The van der Waals surface area contributed by atoms with Gasteiger partial charge in [0, 0.05) is 23.6 Å². The van der Waals surface area contributed by atoms with Crippen molar-refractivity contribution in [1.82, 2.24) is 9.88 Å². The largest absolute Gasteiger partial charge is 0.361 e. The minimum Gasteiger partial charge on any atom is -0.361 e. The summed E-state index contributed by atoms with van der Waals surface area (Å²) >= 11 is 0. The fourth-order valence-corrected chi connectivity index (χ4v) is 2.28. The molecule has 86 valence electrons. The van der Waals surface area contributed by atoms with Gasteiger partial charge in [0.25, 0.3) is 0 Å². The molecule has 4 nitrogen and oxygen atoms in total. The van der Waals surface area contributed by atoms with E-state index in [0.717, 1.165) is 16.5 Å². The van der Waals surface area contributed by atoms with Crippen LogP contribution in [0, 0.1) is 0 Å². The average molecular weight is 228 g/mol. The molecule has 1 aliphatic rings. The predicted octanol–water partition coefficient (Wildman–Crippen LogP) is 1.47. The minimum absolute atomic E-state index is 0.0104. The monoisotopic (exact) mass is 228 g/mol. The van der Waals surface area contributed by atoms with Gasteiger partial charge in [0.05, 0.1) is 13.0 Å². The Hall–Kier alpha value is -2.10. The predicted molar refractivity (Wildman–Crippen MR) is 63.3 cm³/mol. The number of Topliss-reactive ketones (excluding diaryl/α,β-unsaturated/α-hetero) is 1. The molecule has 1 saturated heterocycles. The molecule has 1 N–H and O–H groups in total. The molecule has 0 aliphatic carbocycles. The van der Waals surface area contributed by atoms with Crippen molar-refractivity contribution in [3.8, 4) is 0 Å². The van der Waals surface area contributed by atoms with E-state index in [1.165, 1.54) is 0 Å². The van der Waals surface area contributed by atoms with E-state index in [1.54, 1.807) is 4.90 Å². The zero-order valence-electron chi connectivity index (χ0n) is 9.27. The van der Waals surface area contributed by atoms with Crippen LogP contribution in [0.1, 0.15) is 12.0 Å². The summed E-state index contributed by atoms with van der Waals surface area (Å²) in [5, 5.41) is 1.11. The number of likely N-dealkylation sites (tertiary alicyclic amines) is 1. The highest BCUT2D eigenvalue weighted by Crippen LogP contribution is 2.20. The number of nitrogens with one attached hydrogen (secondary N) is 1. The number of fused-ring (bicyclic) bond motifs is 1. The molecular formula is C13H12N2O2. The highest BCUT2D eigenvalue weighted by atomic mass is 16.2. The quantitative estimate of drug-likeness (QED) is 0.791. The van der Waals surface area contributed by atoms with E-state index in [0.29, 0.717) is 6.54 Å². The number of aromatic nitrogens is 1. The maximum absolute atomic E-state index is 11.6. The first-order chi connectivity index (χ1) is 8.24. The Bertz CT molecular complexity index is 600. The van der Waals surface area contributed by atoms with Gasteiger partial charge in [-0.3, -0.25) is 9.59 Å². The van der Waals surface area contributed by atoms with E-state index in [4.69, 9.17) is 0 Å². The fourth-order valence-electron chi connectivity index (χ4n) is 2.28. The first-order valence-corrected chi connectivity index (χ1v) is 5.58. The van der Waals surface area contributed by atoms with Gasteiger partial charge in [-0.1, -0.05) is 12.1 Å². The number of ketones is 1. The highest BCUT2D eigenvalue weighted by molar-refractivity contribution is 6.05. The van der Waals surface area contributed by atoms with Gasteiger partial charge in [0.1, 0.15) is 0 Å². The maximum atomic E-state index is 11.6. The molecule has 17 heavy (non-hydrogen) atoms. The summed E-state index contributed by atoms with van der Waals surface area (Å²) in [5.41, 5.74) is 2.13. The third-order valence-electron chi connectivity index (χ3n) is 3.11. The number of carbonyl (C=O) groups excluding carboxylic acids is 2. The van der Waals surface area contributed by atoms with Gasteiger partial charge in [0.2, 0.25) is 5.91 Å². The second-order valence-electron chi connectivity index (χ2n) is 4.32. The number of rotatable bonds is 2. The fraction of sp³-hybridized carbons (Fsp3) is 0.231. The Labute approximate surface area is 98.2 Å². The van der Waals surface area contributed by atoms with Crippen molar-refractivity contribution in [2.75, 3.05) is 6.54 Å². The minimum atomic E-state index is -0.0671. The van der Waals surface area contributed by atoms with Crippen molar-refractivity contribution < 1.29 is 9.59 Å². The van der Waals surface area contributed by atoms with Gasteiger partial charge < -0.3 is 9.88 Å². The van der Waals surface area contributed by atoms with Crippen molar-refractivity contribution in [3.63, 3.8) is 0 Å². The zero-order valence-corrected chi connectivity index (χ0v) is 9.27. The van der Waals surface area contributed by atoms with Crippen LogP contribution in [-0.4, -0.2) is 28.1 Å². The highest BCUT2D eigenvalue weighted by Gasteiger charge is 2.27. The van der Waals surface area contributed by atoms with Crippen molar-refractivity contribution in [2.24, 2.45) is 0 Å². The first-order valence-electron chi connectivity index (χ1n) is 5.58. The molecule has 2 aromatic rings. The van der Waals surface area contributed by atoms with Crippen LogP contribution in [-0.2, 0) is 16.1 Å². The third kappa shape index (κ3) is 1.71. The summed E-state index contributed by atoms with van der Waals surface area (Å²) in [7, 11) is 0. The van der Waals surface area contributed by atoms with Gasteiger partial charge in [-0.2, -0.15) is 0 Å². The number of H-pyrrole nitrogens is 1. The lowest BCUT2D eigenvalue weighted by Gasteiger charge is -2.15. The van der Waals surface area contributed by atoms with E-state index in [-0.39, 0.29) is 24.7 Å². The molecule has 0 radical (unpaired) electrons. The molecule has 2 heterocycles. The van der Waals surface area contributed by atoms with Crippen LogP contribution in [0.5, 0.6) is 0 Å². The van der Waals surface area contributed by atoms with E-state index < -0.39 is 0 Å². The summed E-state index contributed by atoms with van der Waals surface area (Å²) in [6, 6.07) is 7.94. The normalized spacial score (nSPS) is 16.1. The van der Waals surface area contributed by atoms with E-state index in [9.17, 15) is 9.59 Å². The molecule has 0 saturated carbocycles. The maximum Gasteiger partial charge on any atom is 0.230 e. The molecule has 1 amide bonds. The molecule has 0 bridgehead atoms. The summed E-state index contributed by atoms with van der Waals surface area (Å²) < 4.78 is 0. The van der Waals surface area contributed by atoms with Crippen LogP contribution in [0.3, 0.4) is 0 Å². The van der Waals surface area contributed by atoms with Crippen LogP contribution >= 0.6 is 0 Å². The summed E-state index contributed by atoms with van der Waals surface area (Å²) in [4.78, 5) is 27.5. The molecule has 1 fully saturated rings. The number of amides is 1. The summed E-state index contributed by atoms with van der Waals surface area (Å²) in [6.07, 6.45) is 1.94. The number of hydrogen-bond donors (Lipinski definition) is 1. The number of hydrogen-bond acceptors (Lipinski definition) is 2. The summed E-state index contributed by atoms with van der Waals surface area (Å²) in [5.74, 6) is -0.0567. The smallest absolute Gasteiger partial charge is 0.230 e. The molecule has 0 atom stereocenters. The lowest BCUT2D eigenvalue weighted by atomic mass is 10.1. The zero-order chi connectivity index (χ0) is 11.8. The van der Waals surface area contributed by atoms with E-state index in [1.807, 2.05) is 30.5 Å².